The minimum atomic E-state index is -4.03. The van der Waals surface area contributed by atoms with Gasteiger partial charge in [-0.3, -0.25) is 20.4 Å². The van der Waals surface area contributed by atoms with Crippen molar-refractivity contribution in [2.45, 2.75) is 31.7 Å². The highest BCUT2D eigenvalue weighted by atomic mass is 32.2. The summed E-state index contributed by atoms with van der Waals surface area (Å²) in [5.41, 5.74) is 4.82. The fourth-order valence-electron chi connectivity index (χ4n) is 2.69. The summed E-state index contributed by atoms with van der Waals surface area (Å²) in [4.78, 5) is 24.3. The molecule has 29 heavy (non-hydrogen) atoms. The Balaban J connectivity index is 1.59. The molecule has 2 amide bonds. The third-order valence-corrected chi connectivity index (χ3v) is 5.85. The van der Waals surface area contributed by atoms with Crippen molar-refractivity contribution in [1.82, 2.24) is 20.7 Å². The van der Waals surface area contributed by atoms with Crippen molar-refractivity contribution in [2.24, 2.45) is 0 Å². The van der Waals surface area contributed by atoms with Crippen molar-refractivity contribution in [2.75, 3.05) is 13.2 Å². The van der Waals surface area contributed by atoms with Crippen molar-refractivity contribution in [1.29, 1.82) is 0 Å². The Kier molecular flexibility index (Phi) is 5.75. The van der Waals surface area contributed by atoms with Gasteiger partial charge in [0.25, 0.3) is 11.8 Å². The van der Waals surface area contributed by atoms with E-state index < -0.39 is 27.9 Å². The molecule has 1 aromatic heterocycles. The average molecular weight is 424 g/mol. The molecule has 0 saturated heterocycles. The number of ether oxygens (including phenoxy) is 2. The van der Waals surface area contributed by atoms with Gasteiger partial charge in [0.1, 0.15) is 23.8 Å². The third kappa shape index (κ3) is 4.49. The van der Waals surface area contributed by atoms with Crippen LogP contribution in [0.15, 0.2) is 27.6 Å². The van der Waals surface area contributed by atoms with Crippen LogP contribution in [0.5, 0.6) is 11.5 Å². The van der Waals surface area contributed by atoms with E-state index in [0.29, 0.717) is 24.7 Å². The van der Waals surface area contributed by atoms with Crippen LogP contribution in [0.25, 0.3) is 0 Å². The number of carbonyl (C=O) groups excluding carboxylic acids is 2. The van der Waals surface area contributed by atoms with Crippen molar-refractivity contribution in [3.05, 3.63) is 35.2 Å². The lowest BCUT2D eigenvalue weighted by Crippen LogP contribution is -2.51. The van der Waals surface area contributed by atoms with E-state index in [2.05, 4.69) is 20.7 Å². The standard InChI is InChI=1S/C17H20N4O7S/c1-9-15(11(3)28-20-9)29(24,25)21-10(2)16(22)18-19-17(23)12-4-5-13-14(8-12)27-7-6-26-13/h4-5,8,10,21H,6-7H2,1-3H3,(H,18,22)(H,19,23)/t10-/m0/s1. The van der Waals surface area contributed by atoms with Crippen LogP contribution in [-0.2, 0) is 14.8 Å². The molecule has 0 aliphatic carbocycles. The molecule has 2 aromatic rings. The summed E-state index contributed by atoms with van der Waals surface area (Å²) in [6.45, 7) is 5.06. The summed E-state index contributed by atoms with van der Waals surface area (Å²) in [7, 11) is -4.03. The number of hydrogen-bond acceptors (Lipinski definition) is 8. The molecule has 1 aromatic carbocycles. The lowest BCUT2D eigenvalue weighted by molar-refractivity contribution is -0.123. The topological polar surface area (TPSA) is 149 Å². The van der Waals surface area contributed by atoms with Gasteiger partial charge in [0, 0.05) is 5.56 Å². The van der Waals surface area contributed by atoms with Crippen LogP contribution >= 0.6 is 0 Å². The molecule has 156 valence electrons. The first-order valence-corrected chi connectivity index (χ1v) is 10.1. The lowest BCUT2D eigenvalue weighted by atomic mass is 10.2. The highest BCUT2D eigenvalue weighted by Gasteiger charge is 2.28. The van der Waals surface area contributed by atoms with Gasteiger partial charge in [0.2, 0.25) is 10.0 Å². The van der Waals surface area contributed by atoms with Crippen LogP contribution in [-0.4, -0.2) is 44.6 Å². The Morgan fingerprint density at radius 2 is 1.79 bits per heavy atom. The number of aromatic nitrogens is 1. The average Bonchev–Trinajstić information content (AvgIpc) is 3.04. The van der Waals surface area contributed by atoms with Gasteiger partial charge in [-0.05, 0) is 39.0 Å². The van der Waals surface area contributed by atoms with E-state index in [9.17, 15) is 18.0 Å². The summed E-state index contributed by atoms with van der Waals surface area (Å²) < 4.78 is 42.7. The van der Waals surface area contributed by atoms with Crippen LogP contribution in [0, 0.1) is 13.8 Å². The molecule has 1 aliphatic heterocycles. The normalized spacial score (nSPS) is 14.2. The smallest absolute Gasteiger partial charge is 0.269 e. The fourth-order valence-corrected chi connectivity index (χ4v) is 4.22. The highest BCUT2D eigenvalue weighted by Crippen LogP contribution is 2.30. The molecule has 2 heterocycles. The molecule has 11 nitrogen and oxygen atoms in total. The molecule has 3 N–H and O–H groups in total. The number of nitrogens with one attached hydrogen (secondary N) is 3. The van der Waals surface area contributed by atoms with Crippen LogP contribution in [0.2, 0.25) is 0 Å². The van der Waals surface area contributed by atoms with Crippen LogP contribution in [0.3, 0.4) is 0 Å². The number of hydrazine groups is 1. The van der Waals surface area contributed by atoms with Gasteiger partial charge in [0.15, 0.2) is 17.3 Å². The molecule has 0 unspecified atom stereocenters. The zero-order valence-electron chi connectivity index (χ0n) is 15.9. The number of carbonyl (C=O) groups is 2. The van der Waals surface area contributed by atoms with E-state index in [-0.39, 0.29) is 21.9 Å². The van der Waals surface area contributed by atoms with Gasteiger partial charge < -0.3 is 14.0 Å². The molecule has 1 atom stereocenters. The zero-order chi connectivity index (χ0) is 21.2. The Hall–Kier alpha value is -3.12. The number of aryl methyl sites for hydroxylation is 2. The summed E-state index contributed by atoms with van der Waals surface area (Å²) in [5, 5.41) is 3.59. The number of nitrogens with zero attached hydrogens (tertiary/aromatic N) is 1. The van der Waals surface area contributed by atoms with Gasteiger partial charge in [-0.15, -0.1) is 0 Å². The quantitative estimate of drug-likeness (QED) is 0.576. The first-order chi connectivity index (χ1) is 13.7. The van der Waals surface area contributed by atoms with Crippen molar-refractivity contribution < 1.29 is 32.0 Å². The number of sulfonamides is 1. The Morgan fingerprint density at radius 3 is 2.45 bits per heavy atom. The third-order valence-electron chi connectivity index (χ3n) is 4.07. The molecular formula is C17H20N4O7S. The number of rotatable bonds is 5. The highest BCUT2D eigenvalue weighted by molar-refractivity contribution is 7.89. The van der Waals surface area contributed by atoms with E-state index in [1.165, 1.54) is 32.9 Å². The SMILES string of the molecule is Cc1noc(C)c1S(=O)(=O)N[C@@H](C)C(=O)NNC(=O)c1ccc2c(c1)OCCO2. The van der Waals surface area contributed by atoms with Gasteiger partial charge in [0.05, 0.1) is 6.04 Å². The maximum atomic E-state index is 12.4. The fraction of sp³-hybridized carbons (Fsp3) is 0.353. The van der Waals surface area contributed by atoms with Gasteiger partial charge in [-0.25, -0.2) is 8.42 Å². The van der Waals surface area contributed by atoms with Crippen molar-refractivity contribution in [3.63, 3.8) is 0 Å². The predicted molar refractivity (Wildman–Crippen MR) is 98.8 cm³/mol. The van der Waals surface area contributed by atoms with Gasteiger partial charge in [-0.1, -0.05) is 5.16 Å². The Bertz CT molecular complexity index is 1030. The van der Waals surface area contributed by atoms with Crippen molar-refractivity contribution >= 4 is 21.8 Å². The molecule has 0 radical (unpaired) electrons. The molecule has 0 saturated carbocycles. The number of amides is 2. The monoisotopic (exact) mass is 424 g/mol. The second kappa shape index (κ2) is 8.09. The number of benzene rings is 1. The molecule has 1 aliphatic rings. The summed E-state index contributed by atoms with van der Waals surface area (Å²) in [6.07, 6.45) is 0. The largest absolute Gasteiger partial charge is 0.486 e. The lowest BCUT2D eigenvalue weighted by Gasteiger charge is -2.19. The van der Waals surface area contributed by atoms with Crippen LogP contribution < -0.4 is 25.0 Å². The van der Waals surface area contributed by atoms with E-state index in [1.807, 2.05) is 0 Å². The van der Waals surface area contributed by atoms with Crippen molar-refractivity contribution in [3.8, 4) is 11.5 Å². The second-order valence-corrected chi connectivity index (χ2v) is 7.95. The maximum absolute atomic E-state index is 12.4. The Morgan fingerprint density at radius 1 is 1.10 bits per heavy atom. The zero-order valence-corrected chi connectivity index (χ0v) is 16.8. The van der Waals surface area contributed by atoms with E-state index in [4.69, 9.17) is 14.0 Å². The first kappa shape index (κ1) is 20.6. The van der Waals surface area contributed by atoms with Crippen LogP contribution in [0.1, 0.15) is 28.7 Å². The van der Waals surface area contributed by atoms with E-state index >= 15 is 0 Å². The molecular weight excluding hydrogens is 404 g/mol. The number of fused-ring (bicyclic) bond motifs is 1. The minimum Gasteiger partial charge on any atom is -0.486 e. The second-order valence-electron chi connectivity index (χ2n) is 6.30. The first-order valence-electron chi connectivity index (χ1n) is 8.64. The summed E-state index contributed by atoms with van der Waals surface area (Å²) >= 11 is 0. The molecule has 3 rings (SSSR count). The van der Waals surface area contributed by atoms with Gasteiger partial charge in [-0.2, -0.15) is 4.72 Å². The maximum Gasteiger partial charge on any atom is 0.269 e. The minimum absolute atomic E-state index is 0.106. The van der Waals surface area contributed by atoms with Crippen LogP contribution in [0.4, 0.5) is 0 Å². The number of hydrogen-bond donors (Lipinski definition) is 3. The summed E-state index contributed by atoms with van der Waals surface area (Å²) in [6, 6.07) is 3.42. The molecule has 0 spiro atoms. The van der Waals surface area contributed by atoms with Gasteiger partial charge >= 0.3 is 0 Å². The molecule has 12 heteroatoms. The molecule has 0 fully saturated rings. The molecule has 0 bridgehead atoms. The summed E-state index contributed by atoms with van der Waals surface area (Å²) in [5.74, 6) is -0.299. The Labute approximate surface area is 166 Å². The van der Waals surface area contributed by atoms with E-state index in [0.717, 1.165) is 0 Å². The van der Waals surface area contributed by atoms with E-state index in [1.54, 1.807) is 6.07 Å². The predicted octanol–water partition coefficient (Wildman–Crippen LogP) is 0.191.